The molecule has 0 aromatic heterocycles. The van der Waals surface area contributed by atoms with Gasteiger partial charge in [0.25, 0.3) is 0 Å². The topological polar surface area (TPSA) is 114 Å². The molecule has 2 unspecified atom stereocenters. The quantitative estimate of drug-likeness (QED) is 0.444. The molecule has 1 fully saturated rings. The predicted octanol–water partition coefficient (Wildman–Crippen LogP) is 0.00100. The van der Waals surface area contributed by atoms with Crippen LogP contribution in [0.25, 0.3) is 0 Å². The third kappa shape index (κ3) is 5.67. The van der Waals surface area contributed by atoms with Crippen LogP contribution in [-0.2, 0) is 14.3 Å². The van der Waals surface area contributed by atoms with Crippen LogP contribution in [-0.4, -0.2) is 80.3 Å². The Balaban J connectivity index is 1.97. The number of aliphatic hydroxyl groups is 1. The zero-order chi connectivity index (χ0) is 20.7. The van der Waals surface area contributed by atoms with Crippen LogP contribution >= 0.6 is 0 Å². The van der Waals surface area contributed by atoms with E-state index in [1.165, 1.54) is 21.1 Å². The predicted molar refractivity (Wildman–Crippen MR) is 99.5 cm³/mol. The third-order valence-corrected chi connectivity index (χ3v) is 4.48. The van der Waals surface area contributed by atoms with Crippen LogP contribution in [0.2, 0.25) is 0 Å². The Bertz CT molecular complexity index is 722. The number of Topliss-reactive ketones (excluding diaryl/α,β-unsaturated/α-hetero) is 1. The largest absolute Gasteiger partial charge is 0.493 e. The van der Waals surface area contributed by atoms with Gasteiger partial charge in [-0.2, -0.15) is 0 Å². The monoisotopic (exact) mass is 394 g/mol. The molecule has 0 aliphatic carbocycles. The lowest BCUT2D eigenvalue weighted by Crippen LogP contribution is -2.57. The van der Waals surface area contributed by atoms with Crippen LogP contribution < -0.4 is 14.8 Å². The van der Waals surface area contributed by atoms with Crippen LogP contribution in [0.1, 0.15) is 23.7 Å². The smallest absolute Gasteiger partial charge is 0.307 e. The van der Waals surface area contributed by atoms with E-state index in [1.807, 2.05) is 0 Å². The van der Waals surface area contributed by atoms with Gasteiger partial charge in [0.1, 0.15) is 12.7 Å². The van der Waals surface area contributed by atoms with Crippen LogP contribution in [0, 0.1) is 0 Å². The number of ketones is 1. The van der Waals surface area contributed by atoms with Gasteiger partial charge in [0, 0.05) is 25.2 Å². The molecule has 0 radical (unpaired) electrons. The average Bonchev–Trinajstić information content (AvgIpc) is 2.68. The van der Waals surface area contributed by atoms with Gasteiger partial charge in [-0.15, -0.1) is 0 Å². The fraction of sp³-hybridized carbons (Fsp3) is 0.526. The number of rotatable bonds is 9. The molecule has 2 atom stereocenters. The van der Waals surface area contributed by atoms with Crippen molar-refractivity contribution in [3.05, 3.63) is 23.8 Å². The molecular weight excluding hydrogens is 368 g/mol. The minimum atomic E-state index is -0.900. The van der Waals surface area contributed by atoms with Crippen molar-refractivity contribution in [3.63, 3.8) is 0 Å². The van der Waals surface area contributed by atoms with E-state index >= 15 is 0 Å². The second kappa shape index (κ2) is 10.0. The lowest BCUT2D eigenvalue weighted by atomic mass is 10.1. The van der Waals surface area contributed by atoms with E-state index in [9.17, 15) is 19.5 Å². The fourth-order valence-electron chi connectivity index (χ4n) is 2.96. The highest BCUT2D eigenvalue weighted by molar-refractivity contribution is 5.94. The number of amides is 1. The Morgan fingerprint density at radius 2 is 2.07 bits per heavy atom. The van der Waals surface area contributed by atoms with E-state index in [0.29, 0.717) is 30.2 Å². The van der Waals surface area contributed by atoms with Crippen LogP contribution in [0.4, 0.5) is 0 Å². The Morgan fingerprint density at radius 3 is 2.71 bits per heavy atom. The molecule has 1 aliphatic heterocycles. The molecule has 1 saturated heterocycles. The average molecular weight is 394 g/mol. The molecule has 28 heavy (non-hydrogen) atoms. The summed E-state index contributed by atoms with van der Waals surface area (Å²) < 4.78 is 15.5. The summed E-state index contributed by atoms with van der Waals surface area (Å²) in [5.41, 5.74) is 0.495. The van der Waals surface area contributed by atoms with Gasteiger partial charge in [-0.1, -0.05) is 0 Å². The molecule has 0 spiro atoms. The SMILES string of the molecule is COC(=O)CC1C(=O)NCCN1CC(O)COc1ccc(C(C)=O)cc1OC. The van der Waals surface area contributed by atoms with E-state index in [4.69, 9.17) is 9.47 Å². The number of nitrogens with one attached hydrogen (secondary N) is 1. The molecule has 154 valence electrons. The fourth-order valence-corrected chi connectivity index (χ4v) is 2.96. The summed E-state index contributed by atoms with van der Waals surface area (Å²) in [7, 11) is 2.73. The molecule has 9 heteroatoms. The van der Waals surface area contributed by atoms with E-state index in [0.717, 1.165) is 0 Å². The number of β-amino-alcohol motifs (C(OH)–C–C–N with tert-alkyl or cyclic N) is 1. The van der Waals surface area contributed by atoms with Crippen LogP contribution in [0.5, 0.6) is 11.5 Å². The van der Waals surface area contributed by atoms with Crippen molar-refractivity contribution >= 4 is 17.7 Å². The summed E-state index contributed by atoms with van der Waals surface area (Å²) in [6.07, 6.45) is -0.987. The van der Waals surface area contributed by atoms with E-state index in [2.05, 4.69) is 10.1 Å². The van der Waals surface area contributed by atoms with Crippen LogP contribution in [0.3, 0.4) is 0 Å². The van der Waals surface area contributed by atoms with E-state index in [-0.39, 0.29) is 31.3 Å². The maximum absolute atomic E-state index is 12.1. The number of hydrogen-bond acceptors (Lipinski definition) is 8. The number of hydrogen-bond donors (Lipinski definition) is 2. The summed E-state index contributed by atoms with van der Waals surface area (Å²) in [6, 6.07) is 4.11. The number of piperazine rings is 1. The van der Waals surface area contributed by atoms with Crippen LogP contribution in [0.15, 0.2) is 18.2 Å². The van der Waals surface area contributed by atoms with E-state index < -0.39 is 18.1 Å². The standard InChI is InChI=1S/C19H26N2O7/c1-12(22)13-4-5-16(17(8-13)26-2)28-11-14(23)10-21-7-6-20-19(25)15(21)9-18(24)27-3/h4-5,8,14-15,23H,6-7,9-11H2,1-3H3,(H,20,25). The number of nitrogens with zero attached hydrogens (tertiary/aromatic N) is 1. The summed E-state index contributed by atoms with van der Waals surface area (Å²) in [5, 5.41) is 13.1. The number of carbonyl (C=O) groups is 3. The van der Waals surface area contributed by atoms with Gasteiger partial charge < -0.3 is 24.6 Å². The van der Waals surface area contributed by atoms with Gasteiger partial charge in [0.15, 0.2) is 17.3 Å². The highest BCUT2D eigenvalue weighted by Gasteiger charge is 2.33. The van der Waals surface area contributed by atoms with Gasteiger partial charge in [-0.25, -0.2) is 0 Å². The molecule has 1 aliphatic rings. The van der Waals surface area contributed by atoms with Gasteiger partial charge in [-0.3, -0.25) is 19.3 Å². The number of benzene rings is 1. The molecule has 1 amide bonds. The van der Waals surface area contributed by atoms with Gasteiger partial charge in [-0.05, 0) is 25.1 Å². The molecular formula is C19H26N2O7. The Morgan fingerprint density at radius 1 is 1.32 bits per heavy atom. The molecule has 0 bridgehead atoms. The summed E-state index contributed by atoms with van der Waals surface area (Å²) in [6.45, 7) is 2.51. The summed E-state index contributed by atoms with van der Waals surface area (Å²) >= 11 is 0. The first-order valence-electron chi connectivity index (χ1n) is 8.94. The number of esters is 1. The van der Waals surface area contributed by atoms with Crippen molar-refractivity contribution in [2.24, 2.45) is 0 Å². The molecule has 9 nitrogen and oxygen atoms in total. The molecule has 1 aromatic rings. The maximum atomic E-state index is 12.1. The maximum Gasteiger partial charge on any atom is 0.307 e. The molecule has 0 saturated carbocycles. The molecule has 1 heterocycles. The zero-order valence-electron chi connectivity index (χ0n) is 16.3. The Kier molecular flexibility index (Phi) is 7.77. The van der Waals surface area contributed by atoms with E-state index in [1.54, 1.807) is 23.1 Å². The highest BCUT2D eigenvalue weighted by Crippen LogP contribution is 2.28. The van der Waals surface area contributed by atoms with Gasteiger partial charge in [0.2, 0.25) is 5.91 Å². The van der Waals surface area contributed by atoms with Crippen molar-refractivity contribution in [1.82, 2.24) is 10.2 Å². The van der Waals surface area contributed by atoms with Crippen molar-refractivity contribution < 1.29 is 33.7 Å². The first-order chi connectivity index (χ1) is 13.3. The first-order valence-corrected chi connectivity index (χ1v) is 8.94. The second-order valence-electron chi connectivity index (χ2n) is 6.47. The zero-order valence-corrected chi connectivity index (χ0v) is 16.3. The number of aliphatic hydroxyl groups excluding tert-OH is 1. The number of methoxy groups -OCH3 is 2. The minimum absolute atomic E-state index is 0.0428. The first kappa shape index (κ1) is 21.6. The van der Waals surface area contributed by atoms with Gasteiger partial charge >= 0.3 is 5.97 Å². The van der Waals surface area contributed by atoms with Crippen molar-refractivity contribution in [2.45, 2.75) is 25.5 Å². The van der Waals surface area contributed by atoms with Crippen molar-refractivity contribution in [3.8, 4) is 11.5 Å². The number of carbonyl (C=O) groups excluding carboxylic acids is 3. The Hall–Kier alpha value is -2.65. The lowest BCUT2D eigenvalue weighted by Gasteiger charge is -2.35. The minimum Gasteiger partial charge on any atom is -0.493 e. The highest BCUT2D eigenvalue weighted by atomic mass is 16.5. The van der Waals surface area contributed by atoms with Gasteiger partial charge in [0.05, 0.1) is 26.7 Å². The summed E-state index contributed by atoms with van der Waals surface area (Å²) in [4.78, 5) is 36.8. The summed E-state index contributed by atoms with van der Waals surface area (Å²) in [5.74, 6) is -0.0703. The van der Waals surface area contributed by atoms with Crippen molar-refractivity contribution in [2.75, 3.05) is 40.5 Å². The Labute approximate surface area is 163 Å². The molecule has 2 N–H and O–H groups in total. The lowest BCUT2D eigenvalue weighted by molar-refractivity contribution is -0.146. The third-order valence-electron chi connectivity index (χ3n) is 4.48. The number of ether oxygens (including phenoxy) is 3. The second-order valence-corrected chi connectivity index (χ2v) is 6.47. The normalized spacial score (nSPS) is 18.1. The van der Waals surface area contributed by atoms with Crippen molar-refractivity contribution in [1.29, 1.82) is 0 Å². The molecule has 1 aromatic carbocycles. The molecule has 2 rings (SSSR count).